The minimum absolute atomic E-state index is 0.0624. The Morgan fingerprint density at radius 1 is 1.29 bits per heavy atom. The van der Waals surface area contributed by atoms with Crippen LogP contribution in [0.15, 0.2) is 29.4 Å². The van der Waals surface area contributed by atoms with Crippen LogP contribution in [0.3, 0.4) is 0 Å². The van der Waals surface area contributed by atoms with Crippen molar-refractivity contribution in [2.45, 2.75) is 17.9 Å². The first kappa shape index (κ1) is 17.0. The van der Waals surface area contributed by atoms with Crippen molar-refractivity contribution in [3.63, 3.8) is 0 Å². The van der Waals surface area contributed by atoms with Crippen molar-refractivity contribution < 1.29 is 17.2 Å². The summed E-state index contributed by atoms with van der Waals surface area (Å²) in [7, 11) is -2.44. The molecule has 1 fully saturated rings. The number of benzene rings is 1. The third-order valence-electron chi connectivity index (χ3n) is 4.15. The predicted molar refractivity (Wildman–Crippen MR) is 83.8 cm³/mol. The van der Waals surface area contributed by atoms with E-state index < -0.39 is 32.6 Å². The van der Waals surface area contributed by atoms with Crippen LogP contribution < -0.4 is 5.32 Å². The first-order valence-corrected chi connectivity index (χ1v) is 8.92. The highest BCUT2D eigenvalue weighted by atomic mass is 32.2. The highest BCUT2D eigenvalue weighted by molar-refractivity contribution is 7.89. The maximum Gasteiger partial charge on any atom is 0.246 e. The number of hydrogen-bond acceptors (Lipinski definition) is 4. The van der Waals surface area contributed by atoms with Crippen LogP contribution in [0.2, 0.25) is 0 Å². The van der Waals surface area contributed by atoms with Crippen molar-refractivity contribution in [2.75, 3.05) is 19.6 Å². The van der Waals surface area contributed by atoms with E-state index in [0.717, 1.165) is 12.1 Å². The Kier molecular flexibility index (Phi) is 4.41. The molecule has 24 heavy (non-hydrogen) atoms. The Morgan fingerprint density at radius 2 is 2.04 bits per heavy atom. The van der Waals surface area contributed by atoms with Crippen molar-refractivity contribution >= 4 is 10.0 Å². The fourth-order valence-corrected chi connectivity index (χ4v) is 4.49. The van der Waals surface area contributed by atoms with Crippen LogP contribution in [0.25, 0.3) is 0 Å². The van der Waals surface area contributed by atoms with Gasteiger partial charge < -0.3 is 9.88 Å². The minimum atomic E-state index is -4.20. The van der Waals surface area contributed by atoms with Crippen LogP contribution in [0.1, 0.15) is 17.4 Å². The Morgan fingerprint density at radius 3 is 2.71 bits per heavy atom. The van der Waals surface area contributed by atoms with E-state index in [-0.39, 0.29) is 12.1 Å². The molecular weight excluding hydrogens is 338 g/mol. The zero-order chi connectivity index (χ0) is 17.5. The zero-order valence-electron chi connectivity index (χ0n) is 13.3. The van der Waals surface area contributed by atoms with Gasteiger partial charge in [-0.15, -0.1) is 0 Å². The van der Waals surface area contributed by atoms with Gasteiger partial charge in [0, 0.05) is 39.1 Å². The summed E-state index contributed by atoms with van der Waals surface area (Å²) in [5.74, 6) is -1.16. The highest BCUT2D eigenvalue weighted by Crippen LogP contribution is 2.30. The molecule has 1 N–H and O–H groups in total. The summed E-state index contributed by atoms with van der Waals surface area (Å²) in [4.78, 5) is 3.55. The lowest BCUT2D eigenvalue weighted by Gasteiger charge is -2.34. The molecule has 130 valence electrons. The Labute approximate surface area is 139 Å². The molecule has 3 rings (SSSR count). The standard InChI is InChI=1S/C15H18F2N4O2S/c1-10-7-12(17)14(8-11(10)16)24(22,23)21-6-3-18-9-13(21)15-19-4-5-20(15)2/h4-5,7-8,13,18H,3,6,9H2,1-2H3. The van der Waals surface area contributed by atoms with Gasteiger partial charge in [-0.3, -0.25) is 0 Å². The quantitative estimate of drug-likeness (QED) is 0.901. The Bertz CT molecular complexity index is 866. The summed E-state index contributed by atoms with van der Waals surface area (Å²) in [6.45, 7) is 2.31. The second kappa shape index (κ2) is 6.23. The highest BCUT2D eigenvalue weighted by Gasteiger charge is 2.38. The Balaban J connectivity index is 2.07. The fourth-order valence-electron chi connectivity index (χ4n) is 2.84. The number of nitrogens with zero attached hydrogens (tertiary/aromatic N) is 3. The molecule has 1 aromatic heterocycles. The molecule has 2 heterocycles. The molecule has 0 aliphatic carbocycles. The zero-order valence-corrected chi connectivity index (χ0v) is 14.1. The average molecular weight is 356 g/mol. The van der Waals surface area contributed by atoms with E-state index in [4.69, 9.17) is 0 Å². The predicted octanol–water partition coefficient (Wildman–Crippen LogP) is 1.34. The van der Waals surface area contributed by atoms with Crippen LogP contribution >= 0.6 is 0 Å². The van der Waals surface area contributed by atoms with Crippen LogP contribution in [-0.2, 0) is 17.1 Å². The topological polar surface area (TPSA) is 67.2 Å². The molecule has 1 aliphatic heterocycles. The van der Waals surface area contributed by atoms with Gasteiger partial charge in [-0.1, -0.05) is 0 Å². The molecule has 1 saturated heterocycles. The van der Waals surface area contributed by atoms with E-state index in [2.05, 4.69) is 10.3 Å². The number of aromatic nitrogens is 2. The van der Waals surface area contributed by atoms with Gasteiger partial charge in [-0.25, -0.2) is 22.2 Å². The lowest BCUT2D eigenvalue weighted by atomic mass is 10.2. The molecule has 6 nitrogen and oxygen atoms in total. The number of piperazine rings is 1. The summed E-state index contributed by atoms with van der Waals surface area (Å²) in [6.07, 6.45) is 3.28. The van der Waals surface area contributed by atoms with E-state index in [1.165, 1.54) is 11.2 Å². The van der Waals surface area contributed by atoms with E-state index >= 15 is 0 Å². The number of sulfonamides is 1. The van der Waals surface area contributed by atoms with Gasteiger partial charge in [0.05, 0.1) is 6.04 Å². The normalized spacial score (nSPS) is 19.6. The van der Waals surface area contributed by atoms with Gasteiger partial charge in [0.15, 0.2) is 0 Å². The number of nitrogens with one attached hydrogen (secondary N) is 1. The Hall–Kier alpha value is -1.84. The summed E-state index contributed by atoms with van der Waals surface area (Å²) < 4.78 is 56.8. The molecule has 0 amide bonds. The number of halogens is 2. The fraction of sp³-hybridized carbons (Fsp3) is 0.400. The van der Waals surface area contributed by atoms with Crippen molar-refractivity contribution in [2.24, 2.45) is 7.05 Å². The van der Waals surface area contributed by atoms with Crippen LogP contribution in [0.4, 0.5) is 8.78 Å². The largest absolute Gasteiger partial charge is 0.337 e. The maximum atomic E-state index is 14.2. The van der Waals surface area contributed by atoms with Crippen molar-refractivity contribution in [3.8, 4) is 0 Å². The van der Waals surface area contributed by atoms with Gasteiger partial charge >= 0.3 is 0 Å². The van der Waals surface area contributed by atoms with E-state index in [0.29, 0.717) is 18.9 Å². The lowest BCUT2D eigenvalue weighted by molar-refractivity contribution is 0.257. The lowest BCUT2D eigenvalue weighted by Crippen LogP contribution is -2.49. The molecular formula is C15H18F2N4O2S. The molecule has 0 bridgehead atoms. The monoisotopic (exact) mass is 356 g/mol. The van der Waals surface area contributed by atoms with Crippen LogP contribution in [0.5, 0.6) is 0 Å². The number of imidazole rings is 1. The van der Waals surface area contributed by atoms with Gasteiger partial charge in [0.25, 0.3) is 0 Å². The van der Waals surface area contributed by atoms with Gasteiger partial charge in [-0.05, 0) is 24.6 Å². The third kappa shape index (κ3) is 2.83. The van der Waals surface area contributed by atoms with Crippen LogP contribution in [0, 0.1) is 18.6 Å². The molecule has 9 heteroatoms. The van der Waals surface area contributed by atoms with Crippen molar-refractivity contribution in [3.05, 3.63) is 47.5 Å². The molecule has 1 unspecified atom stereocenters. The van der Waals surface area contributed by atoms with Gasteiger partial charge in [0.2, 0.25) is 10.0 Å². The van der Waals surface area contributed by atoms with E-state index in [9.17, 15) is 17.2 Å². The molecule has 1 aliphatic rings. The molecule has 2 aromatic rings. The molecule has 0 radical (unpaired) electrons. The third-order valence-corrected chi connectivity index (χ3v) is 6.07. The van der Waals surface area contributed by atoms with E-state index in [1.54, 1.807) is 24.0 Å². The second-order valence-corrected chi connectivity index (χ2v) is 7.62. The smallest absolute Gasteiger partial charge is 0.246 e. The molecule has 0 spiro atoms. The molecule has 1 atom stereocenters. The van der Waals surface area contributed by atoms with Gasteiger partial charge in [-0.2, -0.15) is 4.31 Å². The molecule has 0 saturated carbocycles. The van der Waals surface area contributed by atoms with E-state index in [1.807, 2.05) is 0 Å². The van der Waals surface area contributed by atoms with Gasteiger partial charge in [0.1, 0.15) is 22.4 Å². The maximum absolute atomic E-state index is 14.2. The summed E-state index contributed by atoms with van der Waals surface area (Å²) in [5.41, 5.74) is 0.0624. The average Bonchev–Trinajstić information content (AvgIpc) is 2.96. The SMILES string of the molecule is Cc1cc(F)c(S(=O)(=O)N2CCNCC2c2nccn2C)cc1F. The van der Waals surface area contributed by atoms with Crippen molar-refractivity contribution in [1.29, 1.82) is 0 Å². The first-order valence-electron chi connectivity index (χ1n) is 7.48. The number of hydrogen-bond donors (Lipinski definition) is 1. The summed E-state index contributed by atoms with van der Waals surface area (Å²) in [5, 5.41) is 3.11. The first-order chi connectivity index (χ1) is 11.3. The number of rotatable bonds is 3. The van der Waals surface area contributed by atoms with Crippen LogP contribution in [-0.4, -0.2) is 41.9 Å². The van der Waals surface area contributed by atoms with Crippen molar-refractivity contribution in [1.82, 2.24) is 19.2 Å². The summed E-state index contributed by atoms with van der Waals surface area (Å²) in [6, 6.07) is 1.06. The number of aryl methyl sites for hydroxylation is 2. The molecule has 1 aromatic carbocycles. The minimum Gasteiger partial charge on any atom is -0.337 e. The summed E-state index contributed by atoms with van der Waals surface area (Å²) >= 11 is 0. The second-order valence-electron chi connectivity index (χ2n) is 5.76.